The second-order valence-corrected chi connectivity index (χ2v) is 5.41. The lowest BCUT2D eigenvalue weighted by Crippen LogP contribution is -2.04. The summed E-state index contributed by atoms with van der Waals surface area (Å²) in [5, 5.41) is 9.53. The van der Waals surface area contributed by atoms with E-state index < -0.39 is 5.97 Å². The summed E-state index contributed by atoms with van der Waals surface area (Å²) in [6, 6.07) is 9.41. The first-order valence-corrected chi connectivity index (χ1v) is 7.19. The molecule has 6 heteroatoms. The molecular weight excluding hydrogens is 288 g/mol. The Balaban J connectivity index is 1.83. The first-order chi connectivity index (χ1) is 10.2. The number of hydrogen-bond donors (Lipinski definition) is 1. The van der Waals surface area contributed by atoms with Crippen LogP contribution in [0.25, 0.3) is 20.8 Å². The number of carbonyl (C=O) groups is 1. The van der Waals surface area contributed by atoms with Gasteiger partial charge in [0.1, 0.15) is 10.8 Å². The highest BCUT2D eigenvalue weighted by Gasteiger charge is 2.07. The Morgan fingerprint density at radius 3 is 2.81 bits per heavy atom. The third kappa shape index (κ3) is 3.17. The van der Waals surface area contributed by atoms with Gasteiger partial charge in [-0.2, -0.15) is 0 Å². The number of aliphatic carboxylic acids is 1. The molecule has 0 aliphatic carbocycles. The predicted molar refractivity (Wildman–Crippen MR) is 80.6 cm³/mol. The number of carboxylic acid groups (broad SMARTS) is 1. The van der Waals surface area contributed by atoms with Gasteiger partial charge in [0.15, 0.2) is 0 Å². The fraction of sp³-hybridized carbons (Fsp3) is 0.133. The minimum absolute atomic E-state index is 0.0109. The summed E-state index contributed by atoms with van der Waals surface area (Å²) in [6.07, 6.45) is 3.46. The fourth-order valence-electron chi connectivity index (χ4n) is 1.87. The van der Waals surface area contributed by atoms with Gasteiger partial charge in [-0.15, -0.1) is 11.3 Å². The summed E-state index contributed by atoms with van der Waals surface area (Å²) in [4.78, 5) is 19.0. The second-order valence-electron chi connectivity index (χ2n) is 4.38. The lowest BCUT2D eigenvalue weighted by atomic mass is 10.3. The largest absolute Gasteiger partial charge is 0.493 e. The number of rotatable bonds is 5. The standard InChI is InChI=1S/C15H12N2O3S/c18-14(19)5-8-20-11-1-2-12-13(9-11)21-15(17-12)10-3-6-16-7-4-10/h1-4,6-7,9H,5,8H2,(H,18,19). The number of fused-ring (bicyclic) bond motifs is 1. The van der Waals surface area contributed by atoms with Crippen molar-refractivity contribution in [2.75, 3.05) is 6.61 Å². The van der Waals surface area contributed by atoms with E-state index in [-0.39, 0.29) is 13.0 Å². The first-order valence-electron chi connectivity index (χ1n) is 6.38. The van der Waals surface area contributed by atoms with E-state index in [1.165, 1.54) is 0 Å². The van der Waals surface area contributed by atoms with Crippen LogP contribution in [0.5, 0.6) is 5.75 Å². The van der Waals surface area contributed by atoms with Crippen molar-refractivity contribution in [3.05, 3.63) is 42.7 Å². The molecule has 3 rings (SSSR count). The molecule has 0 unspecified atom stereocenters. The first kappa shape index (κ1) is 13.5. The molecule has 0 amide bonds. The molecule has 0 atom stereocenters. The van der Waals surface area contributed by atoms with Crippen molar-refractivity contribution in [1.29, 1.82) is 0 Å². The highest BCUT2D eigenvalue weighted by molar-refractivity contribution is 7.21. The molecule has 0 saturated carbocycles. The van der Waals surface area contributed by atoms with Crippen LogP contribution >= 0.6 is 11.3 Å². The van der Waals surface area contributed by atoms with Gasteiger partial charge in [0.25, 0.3) is 0 Å². The van der Waals surface area contributed by atoms with Gasteiger partial charge < -0.3 is 9.84 Å². The number of aromatic nitrogens is 2. The summed E-state index contributed by atoms with van der Waals surface area (Å²) in [5.41, 5.74) is 1.93. The molecular formula is C15H12N2O3S. The summed E-state index contributed by atoms with van der Waals surface area (Å²) < 4.78 is 6.44. The lowest BCUT2D eigenvalue weighted by Gasteiger charge is -2.03. The monoisotopic (exact) mass is 300 g/mol. The Bertz CT molecular complexity index is 771. The van der Waals surface area contributed by atoms with Crippen molar-refractivity contribution in [2.24, 2.45) is 0 Å². The summed E-state index contributed by atoms with van der Waals surface area (Å²) in [5.74, 6) is -0.206. The van der Waals surface area contributed by atoms with Crippen molar-refractivity contribution >= 4 is 27.5 Å². The van der Waals surface area contributed by atoms with Crippen LogP contribution in [-0.2, 0) is 4.79 Å². The van der Waals surface area contributed by atoms with Crippen molar-refractivity contribution in [2.45, 2.75) is 6.42 Å². The number of pyridine rings is 1. The van der Waals surface area contributed by atoms with Gasteiger partial charge in [-0.25, -0.2) is 4.98 Å². The van der Waals surface area contributed by atoms with Crippen LogP contribution < -0.4 is 4.74 Å². The van der Waals surface area contributed by atoms with Crippen molar-refractivity contribution in [3.8, 4) is 16.3 Å². The molecule has 0 aliphatic heterocycles. The highest BCUT2D eigenvalue weighted by atomic mass is 32.1. The zero-order chi connectivity index (χ0) is 14.7. The molecule has 3 aromatic rings. The van der Waals surface area contributed by atoms with Crippen LogP contribution in [0.15, 0.2) is 42.7 Å². The summed E-state index contributed by atoms with van der Waals surface area (Å²) in [7, 11) is 0. The Morgan fingerprint density at radius 1 is 1.24 bits per heavy atom. The lowest BCUT2D eigenvalue weighted by molar-refractivity contribution is -0.137. The van der Waals surface area contributed by atoms with E-state index in [0.29, 0.717) is 5.75 Å². The molecule has 1 N–H and O–H groups in total. The molecule has 0 aliphatic rings. The van der Waals surface area contributed by atoms with Crippen molar-refractivity contribution < 1.29 is 14.6 Å². The van der Waals surface area contributed by atoms with Crippen LogP contribution in [-0.4, -0.2) is 27.7 Å². The van der Waals surface area contributed by atoms with E-state index in [9.17, 15) is 4.79 Å². The Morgan fingerprint density at radius 2 is 2.05 bits per heavy atom. The summed E-state index contributed by atoms with van der Waals surface area (Å²) in [6.45, 7) is 0.164. The van der Waals surface area contributed by atoms with E-state index in [1.54, 1.807) is 29.8 Å². The number of carboxylic acids is 1. The molecule has 1 aromatic carbocycles. The maximum absolute atomic E-state index is 10.5. The van der Waals surface area contributed by atoms with Crippen LogP contribution in [0.3, 0.4) is 0 Å². The zero-order valence-electron chi connectivity index (χ0n) is 11.0. The third-order valence-corrected chi connectivity index (χ3v) is 3.94. The van der Waals surface area contributed by atoms with E-state index in [4.69, 9.17) is 9.84 Å². The Hall–Kier alpha value is -2.47. The van der Waals surface area contributed by atoms with E-state index in [1.807, 2.05) is 24.3 Å². The maximum atomic E-state index is 10.5. The number of benzene rings is 1. The van der Waals surface area contributed by atoms with Crippen LogP contribution in [0.2, 0.25) is 0 Å². The smallest absolute Gasteiger partial charge is 0.306 e. The average molecular weight is 300 g/mol. The number of ether oxygens (including phenoxy) is 1. The number of hydrogen-bond acceptors (Lipinski definition) is 5. The molecule has 0 fully saturated rings. The topological polar surface area (TPSA) is 72.3 Å². The van der Waals surface area contributed by atoms with E-state index in [2.05, 4.69) is 9.97 Å². The van der Waals surface area contributed by atoms with Gasteiger partial charge in [0, 0.05) is 18.0 Å². The second kappa shape index (κ2) is 5.88. The Labute approximate surface area is 124 Å². The maximum Gasteiger partial charge on any atom is 0.306 e. The number of nitrogens with zero attached hydrogens (tertiary/aromatic N) is 2. The molecule has 2 heterocycles. The van der Waals surface area contributed by atoms with Gasteiger partial charge in [0.05, 0.1) is 23.2 Å². The minimum Gasteiger partial charge on any atom is -0.493 e. The van der Waals surface area contributed by atoms with Gasteiger partial charge in [-0.05, 0) is 30.3 Å². The van der Waals surface area contributed by atoms with Gasteiger partial charge >= 0.3 is 5.97 Å². The Kier molecular flexibility index (Phi) is 3.79. The normalized spacial score (nSPS) is 10.7. The summed E-state index contributed by atoms with van der Waals surface area (Å²) >= 11 is 1.57. The van der Waals surface area contributed by atoms with Crippen LogP contribution in [0, 0.1) is 0 Å². The fourth-order valence-corrected chi connectivity index (χ4v) is 2.87. The predicted octanol–water partition coefficient (Wildman–Crippen LogP) is 3.21. The molecule has 0 radical (unpaired) electrons. The molecule has 0 spiro atoms. The third-order valence-electron chi connectivity index (χ3n) is 2.87. The van der Waals surface area contributed by atoms with Crippen LogP contribution in [0.1, 0.15) is 6.42 Å². The molecule has 5 nitrogen and oxygen atoms in total. The van der Waals surface area contributed by atoms with Gasteiger partial charge in [0.2, 0.25) is 0 Å². The van der Waals surface area contributed by atoms with Crippen LogP contribution in [0.4, 0.5) is 0 Å². The molecule has 0 bridgehead atoms. The zero-order valence-corrected chi connectivity index (χ0v) is 11.8. The minimum atomic E-state index is -0.867. The van der Waals surface area contributed by atoms with Crippen molar-refractivity contribution in [3.63, 3.8) is 0 Å². The van der Waals surface area contributed by atoms with Gasteiger partial charge in [-0.3, -0.25) is 9.78 Å². The molecule has 2 aromatic heterocycles. The number of thiazole rings is 1. The molecule has 21 heavy (non-hydrogen) atoms. The van der Waals surface area contributed by atoms with E-state index in [0.717, 1.165) is 20.8 Å². The SMILES string of the molecule is O=C(O)CCOc1ccc2nc(-c3ccncc3)sc2c1. The molecule has 0 saturated heterocycles. The molecule has 106 valence electrons. The van der Waals surface area contributed by atoms with Crippen molar-refractivity contribution in [1.82, 2.24) is 9.97 Å². The average Bonchev–Trinajstić information content (AvgIpc) is 2.91. The van der Waals surface area contributed by atoms with E-state index >= 15 is 0 Å². The quantitative estimate of drug-likeness (QED) is 0.783. The highest BCUT2D eigenvalue weighted by Crippen LogP contribution is 2.32. The van der Waals surface area contributed by atoms with Gasteiger partial charge in [-0.1, -0.05) is 0 Å².